The van der Waals surface area contributed by atoms with Crippen molar-refractivity contribution in [3.05, 3.63) is 42.0 Å². The van der Waals surface area contributed by atoms with Gasteiger partial charge < -0.3 is 24.6 Å². The number of carbonyl (C=O) groups excluding carboxylic acids is 2. The third-order valence-electron chi connectivity index (χ3n) is 4.13. The highest BCUT2D eigenvalue weighted by molar-refractivity contribution is 6.06. The van der Waals surface area contributed by atoms with Gasteiger partial charge in [-0.2, -0.15) is 0 Å². The lowest BCUT2D eigenvalue weighted by Crippen LogP contribution is -2.43. The predicted molar refractivity (Wildman–Crippen MR) is 99.4 cm³/mol. The van der Waals surface area contributed by atoms with E-state index < -0.39 is 17.8 Å². The monoisotopic (exact) mass is 386 g/mol. The van der Waals surface area contributed by atoms with E-state index in [-0.39, 0.29) is 24.4 Å². The zero-order valence-electron chi connectivity index (χ0n) is 15.2. The lowest BCUT2D eigenvalue weighted by atomic mass is 10.1. The fraction of sp³-hybridized carbons (Fsp3) is 0.211. The van der Waals surface area contributed by atoms with E-state index in [0.717, 1.165) is 0 Å². The van der Waals surface area contributed by atoms with E-state index in [0.29, 0.717) is 22.9 Å². The predicted octanol–water partition coefficient (Wildman–Crippen LogP) is 1.77. The Morgan fingerprint density at radius 2 is 1.96 bits per heavy atom. The van der Waals surface area contributed by atoms with E-state index in [2.05, 4.69) is 5.32 Å². The van der Waals surface area contributed by atoms with Crippen LogP contribution in [0.2, 0.25) is 0 Å². The van der Waals surface area contributed by atoms with E-state index in [4.69, 9.17) is 19.3 Å². The molecule has 2 aromatic carbocycles. The van der Waals surface area contributed by atoms with Crippen molar-refractivity contribution in [3.8, 4) is 17.2 Å². The first kappa shape index (κ1) is 19.0. The maximum Gasteiger partial charge on any atom is 0.335 e. The third kappa shape index (κ3) is 3.83. The second-order valence-corrected chi connectivity index (χ2v) is 5.87. The van der Waals surface area contributed by atoms with Crippen LogP contribution in [0.25, 0.3) is 0 Å². The number of nitrogens with zero attached hydrogens (tertiary/aromatic N) is 1. The molecule has 1 heterocycles. The van der Waals surface area contributed by atoms with Crippen molar-refractivity contribution in [1.82, 2.24) is 0 Å². The number of hydrogen-bond acceptors (Lipinski definition) is 6. The maximum absolute atomic E-state index is 12.5. The summed E-state index contributed by atoms with van der Waals surface area (Å²) in [5, 5.41) is 11.8. The van der Waals surface area contributed by atoms with Gasteiger partial charge in [-0.3, -0.25) is 14.5 Å². The van der Waals surface area contributed by atoms with E-state index in [1.54, 1.807) is 18.2 Å². The molecule has 28 heavy (non-hydrogen) atoms. The highest BCUT2D eigenvalue weighted by Gasteiger charge is 2.28. The molecule has 146 valence electrons. The summed E-state index contributed by atoms with van der Waals surface area (Å²) in [6.45, 7) is -0.550. The van der Waals surface area contributed by atoms with Crippen molar-refractivity contribution in [1.29, 1.82) is 0 Å². The molecule has 0 saturated carbocycles. The van der Waals surface area contributed by atoms with Gasteiger partial charge in [0.15, 0.2) is 6.61 Å². The lowest BCUT2D eigenvalue weighted by molar-refractivity contribution is -0.123. The van der Waals surface area contributed by atoms with Crippen LogP contribution in [0.15, 0.2) is 36.4 Å². The highest BCUT2D eigenvalue weighted by Crippen LogP contribution is 2.33. The molecule has 9 nitrogen and oxygen atoms in total. The van der Waals surface area contributed by atoms with Crippen LogP contribution >= 0.6 is 0 Å². The van der Waals surface area contributed by atoms with E-state index >= 15 is 0 Å². The van der Waals surface area contributed by atoms with Crippen molar-refractivity contribution in [2.75, 3.05) is 37.6 Å². The van der Waals surface area contributed by atoms with Crippen LogP contribution in [-0.4, -0.2) is 50.3 Å². The number of fused-ring (bicyclic) bond motifs is 1. The van der Waals surface area contributed by atoms with Crippen LogP contribution in [-0.2, 0) is 9.59 Å². The minimum Gasteiger partial charge on any atom is -0.497 e. The zero-order valence-corrected chi connectivity index (χ0v) is 15.2. The van der Waals surface area contributed by atoms with Crippen molar-refractivity contribution in [2.45, 2.75) is 0 Å². The van der Waals surface area contributed by atoms with Crippen LogP contribution < -0.4 is 24.4 Å². The van der Waals surface area contributed by atoms with Crippen molar-refractivity contribution < 1.29 is 33.7 Å². The van der Waals surface area contributed by atoms with Gasteiger partial charge in [-0.05, 0) is 30.3 Å². The van der Waals surface area contributed by atoms with Crippen LogP contribution in [0.1, 0.15) is 10.4 Å². The molecule has 0 aromatic heterocycles. The Hall–Kier alpha value is -3.75. The molecule has 1 aliphatic heterocycles. The Labute approximate surface area is 160 Å². The summed E-state index contributed by atoms with van der Waals surface area (Å²) in [4.78, 5) is 37.2. The number of amides is 2. The standard InChI is InChI=1S/C19H18N2O7/c1-26-12-4-5-13(16(8-12)27-2)20-17(22)9-21-14-7-11(19(24)25)3-6-15(14)28-10-18(21)23/h3-8H,9-10H2,1-2H3,(H,20,22)(H,24,25). The second kappa shape index (κ2) is 7.87. The van der Waals surface area contributed by atoms with Gasteiger partial charge in [0.2, 0.25) is 5.91 Å². The summed E-state index contributed by atoms with van der Waals surface area (Å²) >= 11 is 0. The van der Waals surface area contributed by atoms with Gasteiger partial charge in [0.1, 0.15) is 23.8 Å². The topological polar surface area (TPSA) is 114 Å². The molecule has 3 rings (SSSR count). The summed E-state index contributed by atoms with van der Waals surface area (Å²) in [5.74, 6) is -0.784. The summed E-state index contributed by atoms with van der Waals surface area (Å²) in [6.07, 6.45) is 0. The molecule has 0 radical (unpaired) electrons. The van der Waals surface area contributed by atoms with Crippen LogP contribution in [0.5, 0.6) is 17.2 Å². The smallest absolute Gasteiger partial charge is 0.335 e. The number of nitrogens with one attached hydrogen (secondary N) is 1. The van der Waals surface area contributed by atoms with Gasteiger partial charge in [0, 0.05) is 6.07 Å². The van der Waals surface area contributed by atoms with E-state index in [1.165, 1.54) is 37.3 Å². The Morgan fingerprint density at radius 3 is 2.64 bits per heavy atom. The molecular weight excluding hydrogens is 368 g/mol. The number of ether oxygens (including phenoxy) is 3. The quantitative estimate of drug-likeness (QED) is 0.777. The minimum absolute atomic E-state index is 0.0146. The van der Waals surface area contributed by atoms with Crippen LogP contribution in [0, 0.1) is 0 Å². The Balaban J connectivity index is 1.82. The van der Waals surface area contributed by atoms with Crippen molar-refractivity contribution >= 4 is 29.2 Å². The molecule has 9 heteroatoms. The molecule has 2 amide bonds. The summed E-state index contributed by atoms with van der Waals surface area (Å²) in [7, 11) is 2.97. The summed E-state index contributed by atoms with van der Waals surface area (Å²) < 4.78 is 15.7. The fourth-order valence-electron chi connectivity index (χ4n) is 2.74. The minimum atomic E-state index is -1.15. The number of hydrogen-bond donors (Lipinski definition) is 2. The lowest BCUT2D eigenvalue weighted by Gasteiger charge is -2.29. The Morgan fingerprint density at radius 1 is 1.18 bits per heavy atom. The molecule has 2 N–H and O–H groups in total. The molecule has 0 fully saturated rings. The SMILES string of the molecule is COc1ccc(NC(=O)CN2C(=O)COc3ccc(C(=O)O)cc32)c(OC)c1. The molecular formula is C19H18N2O7. The molecule has 2 aromatic rings. The van der Waals surface area contributed by atoms with Gasteiger partial charge in [-0.25, -0.2) is 4.79 Å². The number of carboxylic acids is 1. The zero-order chi connectivity index (χ0) is 20.3. The van der Waals surface area contributed by atoms with Crippen LogP contribution in [0.4, 0.5) is 11.4 Å². The Kier molecular flexibility index (Phi) is 5.35. The van der Waals surface area contributed by atoms with Crippen molar-refractivity contribution in [3.63, 3.8) is 0 Å². The summed E-state index contributed by atoms with van der Waals surface area (Å²) in [5.41, 5.74) is 0.626. The molecule has 0 unspecified atom stereocenters. The Bertz CT molecular complexity index is 942. The third-order valence-corrected chi connectivity index (χ3v) is 4.13. The highest BCUT2D eigenvalue weighted by atomic mass is 16.5. The van der Waals surface area contributed by atoms with Gasteiger partial charge in [-0.1, -0.05) is 0 Å². The maximum atomic E-state index is 12.5. The molecule has 0 atom stereocenters. The number of methoxy groups -OCH3 is 2. The molecule has 0 aliphatic carbocycles. The molecule has 0 bridgehead atoms. The first-order valence-corrected chi connectivity index (χ1v) is 8.25. The van der Waals surface area contributed by atoms with E-state index in [9.17, 15) is 14.4 Å². The van der Waals surface area contributed by atoms with Gasteiger partial charge in [0.25, 0.3) is 5.91 Å². The number of benzene rings is 2. The average Bonchev–Trinajstić information content (AvgIpc) is 2.70. The number of rotatable bonds is 6. The normalized spacial score (nSPS) is 12.6. The van der Waals surface area contributed by atoms with Crippen molar-refractivity contribution in [2.24, 2.45) is 0 Å². The largest absolute Gasteiger partial charge is 0.497 e. The van der Waals surface area contributed by atoms with Crippen LogP contribution in [0.3, 0.4) is 0 Å². The molecule has 0 saturated heterocycles. The van der Waals surface area contributed by atoms with Gasteiger partial charge in [-0.15, -0.1) is 0 Å². The second-order valence-electron chi connectivity index (χ2n) is 5.87. The first-order chi connectivity index (χ1) is 13.4. The number of anilines is 2. The first-order valence-electron chi connectivity index (χ1n) is 8.25. The number of carboxylic acid groups (broad SMARTS) is 1. The van der Waals surface area contributed by atoms with E-state index in [1.807, 2.05) is 0 Å². The molecule has 1 aliphatic rings. The van der Waals surface area contributed by atoms with Gasteiger partial charge >= 0.3 is 5.97 Å². The fourth-order valence-corrected chi connectivity index (χ4v) is 2.74. The number of aromatic carboxylic acids is 1. The summed E-state index contributed by atoms with van der Waals surface area (Å²) in [6, 6.07) is 9.03. The average molecular weight is 386 g/mol. The van der Waals surface area contributed by atoms with Gasteiger partial charge in [0.05, 0.1) is 31.2 Å². The number of carbonyl (C=O) groups is 3. The molecule has 0 spiro atoms.